The van der Waals surface area contributed by atoms with Gasteiger partial charge in [-0.2, -0.15) is 0 Å². The van der Waals surface area contributed by atoms with Crippen LogP contribution in [0.1, 0.15) is 73.6 Å². The molecule has 7 nitrogen and oxygen atoms in total. The first-order valence-corrected chi connectivity index (χ1v) is 12.2. The van der Waals surface area contributed by atoms with Crippen molar-refractivity contribution in [2.75, 3.05) is 33.2 Å². The summed E-state index contributed by atoms with van der Waals surface area (Å²) in [6.07, 6.45) is 6.89. The number of hydrogen-bond acceptors (Lipinski definition) is 4. The Kier molecular flexibility index (Phi) is 9.31. The second kappa shape index (κ2) is 11.3. The van der Waals surface area contributed by atoms with Crippen molar-refractivity contribution in [2.45, 2.75) is 91.8 Å². The van der Waals surface area contributed by atoms with Gasteiger partial charge in [-0.3, -0.25) is 19.3 Å². The fourth-order valence-corrected chi connectivity index (χ4v) is 4.58. The first-order valence-electron chi connectivity index (χ1n) is 12.2. The molecule has 7 heteroatoms. The Morgan fingerprint density at radius 1 is 1.06 bits per heavy atom. The van der Waals surface area contributed by atoms with Gasteiger partial charge in [-0.1, -0.05) is 33.3 Å². The summed E-state index contributed by atoms with van der Waals surface area (Å²) in [6, 6.07) is -0.523. The van der Waals surface area contributed by atoms with E-state index in [0.29, 0.717) is 18.2 Å². The van der Waals surface area contributed by atoms with Crippen molar-refractivity contribution in [1.82, 2.24) is 20.0 Å². The summed E-state index contributed by atoms with van der Waals surface area (Å²) in [5.41, 5.74) is 0.236. The molecule has 2 heterocycles. The van der Waals surface area contributed by atoms with E-state index in [0.717, 1.165) is 51.7 Å². The molecule has 0 aromatic heterocycles. The molecule has 0 spiro atoms. The smallest absolute Gasteiger partial charge is 0.249 e. The zero-order valence-electron chi connectivity index (χ0n) is 21.2. The zero-order chi connectivity index (χ0) is 24.1. The lowest BCUT2D eigenvalue weighted by Crippen LogP contribution is -2.59. The van der Waals surface area contributed by atoms with E-state index in [2.05, 4.69) is 24.1 Å². The molecule has 32 heavy (non-hydrogen) atoms. The van der Waals surface area contributed by atoms with Crippen molar-refractivity contribution in [2.24, 2.45) is 5.41 Å². The molecule has 0 aliphatic carbocycles. The van der Waals surface area contributed by atoms with E-state index in [1.165, 1.54) is 0 Å². The van der Waals surface area contributed by atoms with E-state index < -0.39 is 11.5 Å². The SMILES string of the molecule is C/C(=C\CN(C)C(=O)C(NC(=O)C1CCCCN1C(C)C)C(C)(C)C)C(=O)N1CCCC1. The van der Waals surface area contributed by atoms with Gasteiger partial charge in [0.15, 0.2) is 0 Å². The average molecular weight is 449 g/mol. The Bertz CT molecular complexity index is 704. The lowest BCUT2D eigenvalue weighted by Gasteiger charge is -2.40. The van der Waals surface area contributed by atoms with Gasteiger partial charge < -0.3 is 15.1 Å². The van der Waals surface area contributed by atoms with Crippen molar-refractivity contribution in [3.8, 4) is 0 Å². The summed E-state index contributed by atoms with van der Waals surface area (Å²) in [6.45, 7) is 14.8. The van der Waals surface area contributed by atoms with Gasteiger partial charge in [-0.25, -0.2) is 0 Å². The van der Waals surface area contributed by atoms with Gasteiger partial charge in [0, 0.05) is 38.3 Å². The Morgan fingerprint density at radius 3 is 2.22 bits per heavy atom. The fraction of sp³-hybridized carbons (Fsp3) is 0.800. The molecule has 0 aromatic carbocycles. The van der Waals surface area contributed by atoms with Gasteiger partial charge in [0.2, 0.25) is 17.7 Å². The Hall–Kier alpha value is -1.89. The molecule has 0 bridgehead atoms. The van der Waals surface area contributed by atoms with Crippen molar-refractivity contribution in [3.05, 3.63) is 11.6 Å². The van der Waals surface area contributed by atoms with E-state index >= 15 is 0 Å². The molecule has 0 radical (unpaired) electrons. The van der Waals surface area contributed by atoms with Gasteiger partial charge >= 0.3 is 0 Å². The number of rotatable bonds is 7. The van der Waals surface area contributed by atoms with Crippen LogP contribution in [0.3, 0.4) is 0 Å². The molecule has 182 valence electrons. The predicted octanol–water partition coefficient (Wildman–Crippen LogP) is 2.81. The summed E-state index contributed by atoms with van der Waals surface area (Å²) < 4.78 is 0. The third kappa shape index (κ3) is 6.80. The number of hydrogen-bond donors (Lipinski definition) is 1. The minimum absolute atomic E-state index is 0.0510. The number of likely N-dealkylation sites (N-methyl/N-ethyl adjacent to an activating group) is 1. The monoisotopic (exact) mass is 448 g/mol. The highest BCUT2D eigenvalue weighted by Crippen LogP contribution is 2.24. The van der Waals surface area contributed by atoms with E-state index in [1.54, 1.807) is 11.9 Å². The largest absolute Gasteiger partial charge is 0.342 e. The summed E-state index contributed by atoms with van der Waals surface area (Å²) in [5, 5.41) is 3.08. The minimum Gasteiger partial charge on any atom is -0.342 e. The molecule has 0 aromatic rings. The third-order valence-corrected chi connectivity index (χ3v) is 6.69. The topological polar surface area (TPSA) is 73.0 Å². The van der Waals surface area contributed by atoms with Crippen LogP contribution in [0.25, 0.3) is 0 Å². The van der Waals surface area contributed by atoms with Crippen LogP contribution < -0.4 is 5.32 Å². The number of carbonyl (C=O) groups is 3. The summed E-state index contributed by atoms with van der Waals surface area (Å²) >= 11 is 0. The second-order valence-electron chi connectivity index (χ2n) is 10.8. The molecular weight excluding hydrogens is 404 g/mol. The van der Waals surface area contributed by atoms with Crippen LogP contribution in [0, 0.1) is 5.41 Å². The number of nitrogens with zero attached hydrogens (tertiary/aromatic N) is 3. The number of nitrogens with one attached hydrogen (secondary N) is 1. The zero-order valence-corrected chi connectivity index (χ0v) is 21.2. The van der Waals surface area contributed by atoms with E-state index in [-0.39, 0.29) is 23.8 Å². The van der Waals surface area contributed by atoms with Gasteiger partial charge in [-0.05, 0) is 58.4 Å². The highest BCUT2D eigenvalue weighted by Gasteiger charge is 2.38. The van der Waals surface area contributed by atoms with Crippen molar-refractivity contribution in [3.63, 3.8) is 0 Å². The normalized spacial score (nSPS) is 21.6. The van der Waals surface area contributed by atoms with Crippen LogP contribution in [-0.4, -0.2) is 83.8 Å². The van der Waals surface area contributed by atoms with Gasteiger partial charge in [0.05, 0.1) is 6.04 Å². The van der Waals surface area contributed by atoms with Crippen LogP contribution in [-0.2, 0) is 14.4 Å². The number of amides is 3. The molecule has 2 atom stereocenters. The third-order valence-electron chi connectivity index (χ3n) is 6.69. The fourth-order valence-electron chi connectivity index (χ4n) is 4.58. The van der Waals surface area contributed by atoms with Crippen molar-refractivity contribution >= 4 is 17.7 Å². The van der Waals surface area contributed by atoms with Crippen molar-refractivity contribution in [1.29, 1.82) is 0 Å². The maximum Gasteiger partial charge on any atom is 0.249 e. The highest BCUT2D eigenvalue weighted by molar-refractivity contribution is 5.93. The lowest BCUT2D eigenvalue weighted by atomic mass is 9.85. The second-order valence-corrected chi connectivity index (χ2v) is 10.8. The lowest BCUT2D eigenvalue weighted by molar-refractivity contribution is -0.140. The number of carbonyl (C=O) groups excluding carboxylic acids is 3. The molecule has 2 rings (SSSR count). The molecular formula is C25H44N4O3. The standard InChI is InChI=1S/C25H44N4O3/c1-18(2)29-16-9-8-12-20(29)22(30)26-21(25(4,5)6)24(32)27(7)17-13-19(3)23(31)28-14-10-11-15-28/h13,18,20-21H,8-12,14-17H2,1-7H3,(H,26,30)/b19-13+. The number of likely N-dealkylation sites (tertiary alicyclic amines) is 2. The van der Waals surface area contributed by atoms with E-state index in [9.17, 15) is 14.4 Å². The summed E-state index contributed by atoms with van der Waals surface area (Å²) in [4.78, 5) is 44.8. The first-order chi connectivity index (χ1) is 14.9. The molecule has 2 fully saturated rings. The van der Waals surface area contributed by atoms with Crippen LogP contribution in [0.2, 0.25) is 0 Å². The predicted molar refractivity (Wildman–Crippen MR) is 128 cm³/mol. The van der Waals surface area contributed by atoms with E-state index in [1.807, 2.05) is 38.7 Å². The molecule has 2 saturated heterocycles. The van der Waals surface area contributed by atoms with E-state index in [4.69, 9.17) is 0 Å². The average Bonchev–Trinajstić information content (AvgIpc) is 3.28. The van der Waals surface area contributed by atoms with Gasteiger partial charge in [0.25, 0.3) is 0 Å². The maximum atomic E-state index is 13.3. The Morgan fingerprint density at radius 2 is 1.66 bits per heavy atom. The molecule has 2 unspecified atom stereocenters. The summed E-state index contributed by atoms with van der Waals surface area (Å²) in [7, 11) is 1.73. The quantitative estimate of drug-likeness (QED) is 0.608. The molecule has 2 aliphatic heterocycles. The Balaban J connectivity index is 2.06. The highest BCUT2D eigenvalue weighted by atomic mass is 16.2. The maximum absolute atomic E-state index is 13.3. The number of piperidine rings is 1. The van der Waals surface area contributed by atoms with Crippen LogP contribution in [0.4, 0.5) is 0 Å². The van der Waals surface area contributed by atoms with Gasteiger partial charge in [-0.15, -0.1) is 0 Å². The first kappa shape index (κ1) is 26.4. The molecule has 1 N–H and O–H groups in total. The molecule has 2 aliphatic rings. The van der Waals surface area contributed by atoms with Gasteiger partial charge in [0.1, 0.15) is 6.04 Å². The molecule has 3 amide bonds. The minimum atomic E-state index is -0.626. The summed E-state index contributed by atoms with van der Waals surface area (Å²) in [5.74, 6) is -0.137. The van der Waals surface area contributed by atoms with Crippen LogP contribution in [0.15, 0.2) is 11.6 Å². The Labute approximate surface area is 194 Å². The van der Waals surface area contributed by atoms with Crippen LogP contribution in [0.5, 0.6) is 0 Å². The van der Waals surface area contributed by atoms with Crippen LogP contribution >= 0.6 is 0 Å². The molecule has 0 saturated carbocycles. The van der Waals surface area contributed by atoms with Crippen molar-refractivity contribution < 1.29 is 14.4 Å².